The van der Waals surface area contributed by atoms with Crippen molar-refractivity contribution in [3.8, 4) is 0 Å². The van der Waals surface area contributed by atoms with Crippen molar-refractivity contribution in [2.24, 2.45) is 5.92 Å². The van der Waals surface area contributed by atoms with Gasteiger partial charge in [-0.25, -0.2) is 4.79 Å². The Kier molecular flexibility index (Phi) is 5.04. The molecule has 0 aromatic heterocycles. The Morgan fingerprint density at radius 3 is 2.40 bits per heavy atom. The lowest BCUT2D eigenvalue weighted by atomic mass is 9.91. The summed E-state index contributed by atoms with van der Waals surface area (Å²) in [5, 5.41) is 3.43. The van der Waals surface area contributed by atoms with Gasteiger partial charge in [0, 0.05) is 19.6 Å². The van der Waals surface area contributed by atoms with E-state index in [4.69, 9.17) is 9.47 Å². The highest BCUT2D eigenvalue weighted by Crippen LogP contribution is 2.41. The third kappa shape index (κ3) is 3.32. The molecule has 1 heterocycles. The second kappa shape index (κ2) is 6.41. The Morgan fingerprint density at radius 2 is 1.95 bits per heavy atom. The average Bonchev–Trinajstić information content (AvgIpc) is 3.20. The Morgan fingerprint density at radius 1 is 1.35 bits per heavy atom. The number of nitrogens with one attached hydrogen (secondary N) is 1. The van der Waals surface area contributed by atoms with Gasteiger partial charge in [-0.1, -0.05) is 6.92 Å². The van der Waals surface area contributed by atoms with Gasteiger partial charge in [-0.2, -0.15) is 0 Å². The maximum atomic E-state index is 12.4. The molecular weight excluding hydrogens is 256 g/mol. The van der Waals surface area contributed by atoms with Crippen molar-refractivity contribution < 1.29 is 14.3 Å². The number of morpholine rings is 1. The number of hydrogen-bond donors (Lipinski definition) is 1. The SMILES string of the molecule is CCNC(CN1C[C@@H](C)O[C@@H](C)C1)(C(=O)OC)C1CC1. The molecular formula is C15H28N2O3. The largest absolute Gasteiger partial charge is 0.468 e. The number of likely N-dealkylation sites (N-methyl/N-ethyl adjacent to an activating group) is 1. The molecule has 0 bridgehead atoms. The summed E-state index contributed by atoms with van der Waals surface area (Å²) in [6.07, 6.45) is 2.65. The first kappa shape index (κ1) is 15.7. The standard InChI is InChI=1S/C15H28N2O3/c1-5-16-15(13-6-7-13,14(18)19-4)10-17-8-11(2)20-12(3)9-17/h11-13,16H,5-10H2,1-4H3/t11-,12+,15?. The summed E-state index contributed by atoms with van der Waals surface area (Å²) >= 11 is 0. The topological polar surface area (TPSA) is 50.8 Å². The van der Waals surface area contributed by atoms with E-state index in [9.17, 15) is 4.79 Å². The molecule has 0 amide bonds. The normalized spacial score (nSPS) is 30.8. The lowest BCUT2D eigenvalue weighted by Gasteiger charge is -2.41. The van der Waals surface area contributed by atoms with E-state index in [1.807, 2.05) is 6.92 Å². The summed E-state index contributed by atoms with van der Waals surface area (Å²) < 4.78 is 10.9. The Balaban J connectivity index is 2.12. The first-order valence-electron chi connectivity index (χ1n) is 7.73. The predicted molar refractivity (Wildman–Crippen MR) is 77.6 cm³/mol. The van der Waals surface area contributed by atoms with Crippen LogP contribution < -0.4 is 5.32 Å². The third-order valence-electron chi connectivity index (χ3n) is 4.28. The molecule has 5 heteroatoms. The van der Waals surface area contributed by atoms with Crippen LogP contribution in [0.1, 0.15) is 33.6 Å². The van der Waals surface area contributed by atoms with E-state index in [0.717, 1.165) is 39.0 Å². The molecule has 2 fully saturated rings. The van der Waals surface area contributed by atoms with E-state index >= 15 is 0 Å². The van der Waals surface area contributed by atoms with Crippen LogP contribution in [0, 0.1) is 5.92 Å². The average molecular weight is 284 g/mol. The number of carbonyl (C=O) groups is 1. The maximum Gasteiger partial charge on any atom is 0.327 e. The molecule has 1 saturated carbocycles. The maximum absolute atomic E-state index is 12.4. The van der Waals surface area contributed by atoms with Gasteiger partial charge in [-0.05, 0) is 39.2 Å². The van der Waals surface area contributed by atoms with E-state index in [2.05, 4.69) is 24.1 Å². The molecule has 2 aliphatic rings. The molecule has 0 radical (unpaired) electrons. The summed E-state index contributed by atoms with van der Waals surface area (Å²) in [6, 6.07) is 0. The summed E-state index contributed by atoms with van der Waals surface area (Å²) in [7, 11) is 1.49. The van der Waals surface area contributed by atoms with Gasteiger partial charge in [0.05, 0.1) is 19.3 Å². The van der Waals surface area contributed by atoms with Crippen molar-refractivity contribution in [2.45, 2.75) is 51.4 Å². The molecule has 0 spiro atoms. The van der Waals surface area contributed by atoms with Gasteiger partial charge in [0.25, 0.3) is 0 Å². The number of ether oxygens (including phenoxy) is 2. The van der Waals surface area contributed by atoms with Gasteiger partial charge < -0.3 is 14.8 Å². The molecule has 1 N–H and O–H groups in total. The number of carbonyl (C=O) groups excluding carboxylic acids is 1. The van der Waals surface area contributed by atoms with Crippen molar-refractivity contribution in [1.29, 1.82) is 0 Å². The fourth-order valence-electron chi connectivity index (χ4n) is 3.47. The lowest BCUT2D eigenvalue weighted by Crippen LogP contribution is -2.63. The molecule has 3 atom stereocenters. The number of rotatable bonds is 6. The second-order valence-corrected chi connectivity index (χ2v) is 6.22. The van der Waals surface area contributed by atoms with Crippen LogP contribution in [0.3, 0.4) is 0 Å². The summed E-state index contributed by atoms with van der Waals surface area (Å²) in [6.45, 7) is 9.48. The summed E-state index contributed by atoms with van der Waals surface area (Å²) in [5.74, 6) is 0.289. The van der Waals surface area contributed by atoms with Crippen LogP contribution in [0.25, 0.3) is 0 Å². The zero-order valence-electron chi connectivity index (χ0n) is 13.1. The van der Waals surface area contributed by atoms with E-state index in [1.165, 1.54) is 7.11 Å². The second-order valence-electron chi connectivity index (χ2n) is 6.22. The van der Waals surface area contributed by atoms with Crippen molar-refractivity contribution in [3.63, 3.8) is 0 Å². The van der Waals surface area contributed by atoms with Crippen LogP contribution in [0.15, 0.2) is 0 Å². The minimum absolute atomic E-state index is 0.117. The molecule has 1 aliphatic carbocycles. The van der Waals surface area contributed by atoms with E-state index < -0.39 is 5.54 Å². The quantitative estimate of drug-likeness (QED) is 0.738. The van der Waals surface area contributed by atoms with Crippen LogP contribution in [0.5, 0.6) is 0 Å². The van der Waals surface area contributed by atoms with E-state index in [1.54, 1.807) is 0 Å². The number of nitrogens with zero attached hydrogens (tertiary/aromatic N) is 1. The van der Waals surface area contributed by atoms with Crippen molar-refractivity contribution in [3.05, 3.63) is 0 Å². The molecule has 20 heavy (non-hydrogen) atoms. The van der Waals surface area contributed by atoms with Crippen LogP contribution in [0.4, 0.5) is 0 Å². The summed E-state index contributed by atoms with van der Waals surface area (Å²) in [4.78, 5) is 14.7. The fraction of sp³-hybridized carbons (Fsp3) is 0.933. The Labute approximate surface area is 122 Å². The zero-order valence-corrected chi connectivity index (χ0v) is 13.1. The zero-order chi connectivity index (χ0) is 14.8. The molecule has 1 aliphatic heterocycles. The highest BCUT2D eigenvalue weighted by molar-refractivity contribution is 5.82. The molecule has 116 valence electrons. The molecule has 0 aromatic carbocycles. The van der Waals surface area contributed by atoms with E-state index in [-0.39, 0.29) is 18.2 Å². The molecule has 0 aromatic rings. The Bertz CT molecular complexity index is 336. The molecule has 1 saturated heterocycles. The first-order valence-corrected chi connectivity index (χ1v) is 7.73. The lowest BCUT2D eigenvalue weighted by molar-refractivity contribution is -0.152. The monoisotopic (exact) mass is 284 g/mol. The summed E-state index contributed by atoms with van der Waals surface area (Å²) in [5.41, 5.74) is -0.541. The van der Waals surface area contributed by atoms with Gasteiger partial charge in [0.2, 0.25) is 0 Å². The predicted octanol–water partition coefficient (Wildman–Crippen LogP) is 1.03. The van der Waals surface area contributed by atoms with Crippen LogP contribution in [0.2, 0.25) is 0 Å². The highest BCUT2D eigenvalue weighted by atomic mass is 16.5. The number of methoxy groups -OCH3 is 1. The number of hydrogen-bond acceptors (Lipinski definition) is 5. The Hall–Kier alpha value is -0.650. The minimum Gasteiger partial charge on any atom is -0.468 e. The van der Waals surface area contributed by atoms with E-state index in [0.29, 0.717) is 5.92 Å². The fourth-order valence-corrected chi connectivity index (χ4v) is 3.47. The van der Waals surface area contributed by atoms with Crippen molar-refractivity contribution in [1.82, 2.24) is 10.2 Å². The molecule has 1 unspecified atom stereocenters. The smallest absolute Gasteiger partial charge is 0.327 e. The van der Waals surface area contributed by atoms with Crippen molar-refractivity contribution in [2.75, 3.05) is 33.3 Å². The van der Waals surface area contributed by atoms with Gasteiger partial charge in [-0.3, -0.25) is 4.90 Å². The van der Waals surface area contributed by atoms with Crippen LogP contribution in [-0.2, 0) is 14.3 Å². The van der Waals surface area contributed by atoms with Crippen LogP contribution >= 0.6 is 0 Å². The molecule has 2 rings (SSSR count). The first-order chi connectivity index (χ1) is 9.51. The van der Waals surface area contributed by atoms with Gasteiger partial charge in [-0.15, -0.1) is 0 Å². The highest BCUT2D eigenvalue weighted by Gasteiger charge is 2.52. The third-order valence-corrected chi connectivity index (χ3v) is 4.28. The van der Waals surface area contributed by atoms with Crippen molar-refractivity contribution >= 4 is 5.97 Å². The van der Waals surface area contributed by atoms with Crippen LogP contribution in [-0.4, -0.2) is 61.9 Å². The van der Waals surface area contributed by atoms with Gasteiger partial charge >= 0.3 is 5.97 Å². The van der Waals surface area contributed by atoms with Gasteiger partial charge in [0.1, 0.15) is 5.54 Å². The van der Waals surface area contributed by atoms with Gasteiger partial charge in [0.15, 0.2) is 0 Å². The molecule has 5 nitrogen and oxygen atoms in total. The minimum atomic E-state index is -0.541. The number of esters is 1.